The summed E-state index contributed by atoms with van der Waals surface area (Å²) in [6.07, 6.45) is 1.43. The van der Waals surface area contributed by atoms with Crippen LogP contribution in [0, 0.1) is 0 Å². The van der Waals surface area contributed by atoms with Gasteiger partial charge in [-0.25, -0.2) is 0 Å². The highest BCUT2D eigenvalue weighted by Gasteiger charge is 2.35. The number of carbonyl (C=O) groups is 1. The molecule has 2 aromatic carbocycles. The molecule has 132 valence electrons. The van der Waals surface area contributed by atoms with Crippen molar-refractivity contribution in [2.45, 2.75) is 37.8 Å². The second kappa shape index (κ2) is 7.38. The Morgan fingerprint density at radius 2 is 1.72 bits per heavy atom. The van der Waals surface area contributed by atoms with E-state index in [0.29, 0.717) is 18.4 Å². The van der Waals surface area contributed by atoms with Crippen molar-refractivity contribution in [2.24, 2.45) is 0 Å². The van der Waals surface area contributed by atoms with Crippen molar-refractivity contribution in [3.8, 4) is 0 Å². The van der Waals surface area contributed by atoms with Gasteiger partial charge < -0.3 is 10.8 Å². The van der Waals surface area contributed by atoms with Crippen LogP contribution in [0.3, 0.4) is 0 Å². The molecule has 4 heteroatoms. The third-order valence-electron chi connectivity index (χ3n) is 5.28. The maximum Gasteiger partial charge on any atom is 0.165 e. The summed E-state index contributed by atoms with van der Waals surface area (Å²) in [5, 5.41) is 10.8. The van der Waals surface area contributed by atoms with Crippen molar-refractivity contribution >= 4 is 11.5 Å². The fourth-order valence-electron chi connectivity index (χ4n) is 3.51. The van der Waals surface area contributed by atoms with Crippen molar-refractivity contribution in [1.29, 1.82) is 0 Å². The van der Waals surface area contributed by atoms with Crippen LogP contribution in [0.4, 0.5) is 5.69 Å². The molecule has 1 saturated heterocycles. The topological polar surface area (TPSA) is 66.6 Å². The highest BCUT2D eigenvalue weighted by molar-refractivity contribution is 5.96. The number of nitrogens with two attached hydrogens (primary N) is 1. The summed E-state index contributed by atoms with van der Waals surface area (Å²) in [7, 11) is 0. The number of aliphatic hydroxyl groups is 1. The second-order valence-electron chi connectivity index (χ2n) is 7.07. The molecule has 4 nitrogen and oxygen atoms in total. The number of anilines is 1. The first kappa shape index (κ1) is 17.6. The highest BCUT2D eigenvalue weighted by Crippen LogP contribution is 2.32. The van der Waals surface area contributed by atoms with Gasteiger partial charge in [-0.05, 0) is 37.5 Å². The van der Waals surface area contributed by atoms with E-state index in [1.807, 2.05) is 42.5 Å². The fraction of sp³-hybridized carbons (Fsp3) is 0.381. The molecule has 1 atom stereocenters. The van der Waals surface area contributed by atoms with Crippen LogP contribution < -0.4 is 5.73 Å². The second-order valence-corrected chi connectivity index (χ2v) is 7.07. The van der Waals surface area contributed by atoms with Crippen LogP contribution in [0.15, 0.2) is 54.6 Å². The van der Waals surface area contributed by atoms with E-state index in [1.54, 1.807) is 0 Å². The summed E-state index contributed by atoms with van der Waals surface area (Å²) in [6.45, 7) is 3.74. The zero-order valence-corrected chi connectivity index (χ0v) is 14.7. The van der Waals surface area contributed by atoms with E-state index in [2.05, 4.69) is 24.0 Å². The normalized spacial score (nSPS) is 18.6. The minimum absolute atomic E-state index is 0.0168. The predicted molar refractivity (Wildman–Crippen MR) is 100 cm³/mol. The lowest BCUT2D eigenvalue weighted by Crippen LogP contribution is -2.46. The average molecular weight is 338 g/mol. The van der Waals surface area contributed by atoms with E-state index in [-0.39, 0.29) is 18.2 Å². The molecule has 1 aliphatic heterocycles. The maximum absolute atomic E-state index is 12.4. The molecule has 25 heavy (non-hydrogen) atoms. The van der Waals surface area contributed by atoms with Gasteiger partial charge in [0.1, 0.15) is 0 Å². The smallest absolute Gasteiger partial charge is 0.165 e. The van der Waals surface area contributed by atoms with Crippen molar-refractivity contribution in [3.63, 3.8) is 0 Å². The Hall–Kier alpha value is -2.17. The van der Waals surface area contributed by atoms with Crippen molar-refractivity contribution in [1.82, 2.24) is 4.90 Å². The molecule has 1 heterocycles. The standard InChI is InChI=1S/C21H26N2O2/c1-16(17-7-9-19(22)10-8-17)23-13-11-21(25,12-14-23)15-20(24)18-5-3-2-4-6-18/h2-10,16,25H,11-15,22H2,1H3. The number of Topliss-reactive ketones (excluding diaryl/α,β-unsaturated/α-hetero) is 1. The van der Waals surface area contributed by atoms with Gasteiger partial charge in [0.15, 0.2) is 5.78 Å². The third kappa shape index (κ3) is 4.27. The molecule has 0 amide bonds. The van der Waals surface area contributed by atoms with Gasteiger partial charge in [-0.15, -0.1) is 0 Å². The van der Waals surface area contributed by atoms with Crippen LogP contribution in [0.2, 0.25) is 0 Å². The number of nitrogens with zero attached hydrogens (tertiary/aromatic N) is 1. The molecule has 1 fully saturated rings. The maximum atomic E-state index is 12.4. The number of hydrogen-bond donors (Lipinski definition) is 2. The lowest BCUT2D eigenvalue weighted by atomic mass is 9.84. The zero-order chi connectivity index (χ0) is 17.9. The number of nitrogen functional groups attached to an aromatic ring is 1. The molecule has 0 radical (unpaired) electrons. The Morgan fingerprint density at radius 1 is 1.12 bits per heavy atom. The molecular formula is C21H26N2O2. The van der Waals surface area contributed by atoms with Crippen LogP contribution in [0.1, 0.15) is 48.1 Å². The van der Waals surface area contributed by atoms with E-state index in [9.17, 15) is 9.90 Å². The molecule has 3 rings (SSSR count). The molecule has 0 saturated carbocycles. The number of ketones is 1. The monoisotopic (exact) mass is 338 g/mol. The summed E-state index contributed by atoms with van der Waals surface area (Å²) in [6, 6.07) is 17.4. The molecule has 0 aromatic heterocycles. The quantitative estimate of drug-likeness (QED) is 0.647. The molecular weight excluding hydrogens is 312 g/mol. The van der Waals surface area contributed by atoms with Gasteiger partial charge >= 0.3 is 0 Å². The van der Waals surface area contributed by atoms with E-state index in [4.69, 9.17) is 5.73 Å². The largest absolute Gasteiger partial charge is 0.399 e. The molecule has 3 N–H and O–H groups in total. The minimum atomic E-state index is -0.899. The van der Waals surface area contributed by atoms with Gasteiger partial charge in [-0.2, -0.15) is 0 Å². The summed E-state index contributed by atoms with van der Waals surface area (Å²) in [5.41, 5.74) is 7.52. The van der Waals surface area contributed by atoms with Crippen LogP contribution in [-0.2, 0) is 0 Å². The Balaban J connectivity index is 1.58. The van der Waals surface area contributed by atoms with Gasteiger partial charge in [-0.1, -0.05) is 42.5 Å². The summed E-state index contributed by atoms with van der Waals surface area (Å²) < 4.78 is 0. The number of rotatable bonds is 5. The summed E-state index contributed by atoms with van der Waals surface area (Å²) in [5.74, 6) is 0.0168. The number of likely N-dealkylation sites (tertiary alicyclic amines) is 1. The Labute approximate surface area is 149 Å². The average Bonchev–Trinajstić information content (AvgIpc) is 2.63. The molecule has 0 spiro atoms. The first-order valence-corrected chi connectivity index (χ1v) is 8.87. The molecule has 1 aliphatic rings. The summed E-state index contributed by atoms with van der Waals surface area (Å²) >= 11 is 0. The minimum Gasteiger partial charge on any atom is -0.399 e. The van der Waals surface area contributed by atoms with Crippen molar-refractivity contribution < 1.29 is 9.90 Å². The lowest BCUT2D eigenvalue weighted by molar-refractivity contribution is -0.0303. The number of benzene rings is 2. The van der Waals surface area contributed by atoms with Crippen LogP contribution in [-0.4, -0.2) is 34.5 Å². The third-order valence-corrected chi connectivity index (χ3v) is 5.28. The van der Waals surface area contributed by atoms with Gasteiger partial charge in [0.2, 0.25) is 0 Å². The molecule has 0 aliphatic carbocycles. The molecule has 0 bridgehead atoms. The molecule has 2 aromatic rings. The van der Waals surface area contributed by atoms with Gasteiger partial charge in [0.05, 0.1) is 5.60 Å². The van der Waals surface area contributed by atoms with Crippen LogP contribution in [0.25, 0.3) is 0 Å². The van der Waals surface area contributed by atoms with Crippen molar-refractivity contribution in [2.75, 3.05) is 18.8 Å². The van der Waals surface area contributed by atoms with E-state index in [0.717, 1.165) is 18.8 Å². The summed E-state index contributed by atoms with van der Waals surface area (Å²) in [4.78, 5) is 14.8. The SMILES string of the molecule is CC(c1ccc(N)cc1)N1CCC(O)(CC(=O)c2ccccc2)CC1. The van der Waals surface area contributed by atoms with Crippen molar-refractivity contribution in [3.05, 3.63) is 65.7 Å². The Morgan fingerprint density at radius 3 is 2.32 bits per heavy atom. The van der Waals surface area contributed by atoms with Gasteiger partial charge in [-0.3, -0.25) is 9.69 Å². The predicted octanol–water partition coefficient (Wildman–Crippen LogP) is 3.43. The highest BCUT2D eigenvalue weighted by atomic mass is 16.3. The van der Waals surface area contributed by atoms with Gasteiger partial charge in [0.25, 0.3) is 0 Å². The fourth-order valence-corrected chi connectivity index (χ4v) is 3.51. The zero-order valence-electron chi connectivity index (χ0n) is 14.7. The number of hydrogen-bond acceptors (Lipinski definition) is 4. The first-order chi connectivity index (χ1) is 12.0. The molecule has 1 unspecified atom stereocenters. The Bertz CT molecular complexity index is 704. The van der Waals surface area contributed by atoms with E-state index in [1.165, 1.54) is 5.56 Å². The lowest BCUT2D eigenvalue weighted by Gasteiger charge is -2.40. The first-order valence-electron chi connectivity index (χ1n) is 8.87. The van der Waals surface area contributed by atoms with E-state index >= 15 is 0 Å². The Kier molecular flexibility index (Phi) is 5.21. The van der Waals surface area contributed by atoms with E-state index < -0.39 is 5.60 Å². The number of carbonyl (C=O) groups excluding carboxylic acids is 1. The number of piperidine rings is 1. The van der Waals surface area contributed by atoms with Crippen LogP contribution >= 0.6 is 0 Å². The van der Waals surface area contributed by atoms with Gasteiger partial charge in [0, 0.05) is 36.8 Å². The van der Waals surface area contributed by atoms with Crippen LogP contribution in [0.5, 0.6) is 0 Å².